The van der Waals surface area contributed by atoms with Crippen molar-refractivity contribution in [2.24, 2.45) is 0 Å². The van der Waals surface area contributed by atoms with Crippen molar-refractivity contribution in [2.75, 3.05) is 6.61 Å². The van der Waals surface area contributed by atoms with Gasteiger partial charge in [-0.3, -0.25) is 9.59 Å². The van der Waals surface area contributed by atoms with E-state index >= 15 is 0 Å². The van der Waals surface area contributed by atoms with Crippen LogP contribution in [-0.2, 0) is 16.1 Å². The van der Waals surface area contributed by atoms with Crippen LogP contribution < -0.4 is 10.1 Å². The standard InChI is InChI=1S/C25H28Cl4N2O3/c1-2-22(25(33)30-19-6-4-3-5-7-19)31(14-16-8-9-17(26)12-20(16)28)24(32)15-34-23-11-10-18(27)13-21(23)29/h8-13,19,22H,2-7,14-15H2,1H3,(H,30,33)/t22-/m1/s1. The average Bonchev–Trinajstić information content (AvgIpc) is 2.80. The molecular weight excluding hydrogens is 518 g/mol. The molecule has 2 amide bonds. The van der Waals surface area contributed by atoms with E-state index in [1.807, 2.05) is 6.92 Å². The highest BCUT2D eigenvalue weighted by molar-refractivity contribution is 6.35. The summed E-state index contributed by atoms with van der Waals surface area (Å²) in [4.78, 5) is 28.1. The van der Waals surface area contributed by atoms with Gasteiger partial charge in [-0.1, -0.05) is 78.7 Å². The molecule has 1 atom stereocenters. The van der Waals surface area contributed by atoms with E-state index in [9.17, 15) is 9.59 Å². The first-order chi connectivity index (χ1) is 16.3. The third-order valence-electron chi connectivity index (χ3n) is 5.94. The van der Waals surface area contributed by atoms with Gasteiger partial charge in [-0.2, -0.15) is 0 Å². The number of benzene rings is 2. The summed E-state index contributed by atoms with van der Waals surface area (Å²) in [5.41, 5.74) is 0.688. The number of hydrogen-bond donors (Lipinski definition) is 1. The number of rotatable bonds is 9. The molecule has 0 aromatic heterocycles. The van der Waals surface area contributed by atoms with Gasteiger partial charge in [0, 0.05) is 27.7 Å². The van der Waals surface area contributed by atoms with Crippen LogP contribution in [0, 0.1) is 0 Å². The fraction of sp³-hybridized carbons (Fsp3) is 0.440. The first kappa shape index (κ1) is 26.9. The van der Waals surface area contributed by atoms with Crippen LogP contribution in [0.2, 0.25) is 20.1 Å². The summed E-state index contributed by atoms with van der Waals surface area (Å²) in [5, 5.41) is 4.83. The third kappa shape index (κ3) is 7.42. The lowest BCUT2D eigenvalue weighted by molar-refractivity contribution is -0.143. The van der Waals surface area contributed by atoms with Gasteiger partial charge in [0.25, 0.3) is 5.91 Å². The molecule has 0 unspecified atom stereocenters. The predicted molar refractivity (Wildman–Crippen MR) is 138 cm³/mol. The fourth-order valence-electron chi connectivity index (χ4n) is 4.11. The van der Waals surface area contributed by atoms with Crippen LogP contribution in [0.15, 0.2) is 36.4 Å². The highest BCUT2D eigenvalue weighted by Crippen LogP contribution is 2.28. The summed E-state index contributed by atoms with van der Waals surface area (Å²) >= 11 is 24.5. The monoisotopic (exact) mass is 544 g/mol. The van der Waals surface area contributed by atoms with Gasteiger partial charge in [0.15, 0.2) is 6.61 Å². The van der Waals surface area contributed by atoms with Crippen LogP contribution >= 0.6 is 46.4 Å². The summed E-state index contributed by atoms with van der Waals surface area (Å²) in [6, 6.07) is 9.32. The maximum absolute atomic E-state index is 13.4. The minimum atomic E-state index is -0.675. The van der Waals surface area contributed by atoms with E-state index < -0.39 is 6.04 Å². The van der Waals surface area contributed by atoms with Crippen molar-refractivity contribution < 1.29 is 14.3 Å². The Morgan fingerprint density at radius 2 is 1.65 bits per heavy atom. The van der Waals surface area contributed by atoms with Gasteiger partial charge in [0.1, 0.15) is 11.8 Å². The van der Waals surface area contributed by atoms with Crippen LogP contribution in [0.4, 0.5) is 0 Å². The maximum Gasteiger partial charge on any atom is 0.261 e. The van der Waals surface area contributed by atoms with E-state index in [2.05, 4.69) is 5.32 Å². The van der Waals surface area contributed by atoms with E-state index in [1.165, 1.54) is 11.3 Å². The quantitative estimate of drug-likeness (QED) is 0.371. The Kier molecular flexibility index (Phi) is 10.2. The van der Waals surface area contributed by atoms with Crippen molar-refractivity contribution in [3.05, 3.63) is 62.1 Å². The topological polar surface area (TPSA) is 58.6 Å². The van der Waals surface area contributed by atoms with Crippen LogP contribution in [0.5, 0.6) is 5.75 Å². The molecule has 0 aliphatic heterocycles. The summed E-state index contributed by atoms with van der Waals surface area (Å²) in [5.74, 6) is -0.191. The van der Waals surface area contributed by atoms with Crippen molar-refractivity contribution in [2.45, 2.75) is 64.1 Å². The van der Waals surface area contributed by atoms with Gasteiger partial charge in [-0.25, -0.2) is 0 Å². The summed E-state index contributed by atoms with van der Waals surface area (Å²) in [6.07, 6.45) is 5.74. The van der Waals surface area contributed by atoms with E-state index in [4.69, 9.17) is 51.1 Å². The minimum absolute atomic E-state index is 0.135. The van der Waals surface area contributed by atoms with Crippen molar-refractivity contribution in [1.29, 1.82) is 0 Å². The lowest BCUT2D eigenvalue weighted by atomic mass is 9.95. The van der Waals surface area contributed by atoms with Gasteiger partial charge in [-0.05, 0) is 55.2 Å². The largest absolute Gasteiger partial charge is 0.482 e. The van der Waals surface area contributed by atoms with E-state index in [0.717, 1.165) is 25.7 Å². The SMILES string of the molecule is CC[C@H](C(=O)NC1CCCCC1)N(Cc1ccc(Cl)cc1Cl)C(=O)COc1ccc(Cl)cc1Cl. The lowest BCUT2D eigenvalue weighted by Gasteiger charge is -2.33. The van der Waals surface area contributed by atoms with Crippen molar-refractivity contribution >= 4 is 58.2 Å². The Balaban J connectivity index is 1.80. The Bertz CT molecular complexity index is 1010. The molecule has 0 spiro atoms. The molecular formula is C25H28Cl4N2O3. The predicted octanol–water partition coefficient (Wildman–Crippen LogP) is 6.94. The summed E-state index contributed by atoms with van der Waals surface area (Å²) in [7, 11) is 0. The summed E-state index contributed by atoms with van der Waals surface area (Å²) < 4.78 is 5.68. The third-order valence-corrected chi connectivity index (χ3v) is 7.06. The number of carbonyl (C=O) groups excluding carboxylic acids is 2. The van der Waals surface area contributed by atoms with Crippen LogP contribution in [0.3, 0.4) is 0 Å². The van der Waals surface area contributed by atoms with E-state index in [-0.39, 0.29) is 31.0 Å². The first-order valence-corrected chi connectivity index (χ1v) is 12.9. The number of nitrogens with one attached hydrogen (secondary N) is 1. The maximum atomic E-state index is 13.4. The molecule has 1 aliphatic carbocycles. The molecule has 3 rings (SSSR count). The molecule has 0 bridgehead atoms. The minimum Gasteiger partial charge on any atom is -0.482 e. The van der Waals surface area contributed by atoms with Crippen LogP contribution in [-0.4, -0.2) is 35.4 Å². The van der Waals surface area contributed by atoms with Crippen LogP contribution in [0.1, 0.15) is 51.0 Å². The van der Waals surface area contributed by atoms with E-state index in [1.54, 1.807) is 36.4 Å². The molecule has 1 fully saturated rings. The zero-order chi connectivity index (χ0) is 24.7. The molecule has 0 heterocycles. The Hall–Kier alpha value is -1.66. The molecule has 34 heavy (non-hydrogen) atoms. The molecule has 9 heteroatoms. The van der Waals surface area contributed by atoms with E-state index in [0.29, 0.717) is 37.8 Å². The molecule has 0 saturated heterocycles. The molecule has 2 aromatic rings. The van der Waals surface area contributed by atoms with Gasteiger partial charge in [0.2, 0.25) is 5.91 Å². The normalized spacial score (nSPS) is 15.0. The number of halogens is 4. The molecule has 184 valence electrons. The van der Waals surface area contributed by atoms with Gasteiger partial charge >= 0.3 is 0 Å². The number of amides is 2. The number of nitrogens with zero attached hydrogens (tertiary/aromatic N) is 1. The first-order valence-electron chi connectivity index (χ1n) is 11.4. The van der Waals surface area contributed by atoms with Crippen LogP contribution in [0.25, 0.3) is 0 Å². The zero-order valence-electron chi connectivity index (χ0n) is 19.0. The van der Waals surface area contributed by atoms with Gasteiger partial charge < -0.3 is 15.0 Å². The van der Waals surface area contributed by atoms with Crippen molar-refractivity contribution in [1.82, 2.24) is 10.2 Å². The second-order valence-corrected chi connectivity index (χ2v) is 10.1. The van der Waals surface area contributed by atoms with Gasteiger partial charge in [0.05, 0.1) is 5.02 Å². The molecule has 1 saturated carbocycles. The number of carbonyl (C=O) groups is 2. The molecule has 1 aliphatic rings. The smallest absolute Gasteiger partial charge is 0.261 e. The van der Waals surface area contributed by atoms with Gasteiger partial charge in [-0.15, -0.1) is 0 Å². The Morgan fingerprint density at radius 1 is 1.00 bits per heavy atom. The fourth-order valence-corrected chi connectivity index (χ4v) is 5.04. The molecule has 0 radical (unpaired) electrons. The number of hydrogen-bond acceptors (Lipinski definition) is 3. The second-order valence-electron chi connectivity index (χ2n) is 8.39. The zero-order valence-corrected chi connectivity index (χ0v) is 22.0. The summed E-state index contributed by atoms with van der Waals surface area (Å²) in [6.45, 7) is 1.73. The second kappa shape index (κ2) is 12.9. The lowest BCUT2D eigenvalue weighted by Crippen LogP contribution is -2.52. The number of ether oxygens (including phenoxy) is 1. The average molecular weight is 546 g/mol. The Labute approximate surface area is 220 Å². The molecule has 5 nitrogen and oxygen atoms in total. The highest BCUT2D eigenvalue weighted by atomic mass is 35.5. The molecule has 2 aromatic carbocycles. The highest BCUT2D eigenvalue weighted by Gasteiger charge is 2.31. The Morgan fingerprint density at radius 3 is 2.26 bits per heavy atom. The van der Waals surface area contributed by atoms with Crippen molar-refractivity contribution in [3.8, 4) is 5.75 Å². The molecule has 1 N–H and O–H groups in total. The van der Waals surface area contributed by atoms with Crippen molar-refractivity contribution in [3.63, 3.8) is 0 Å².